The second kappa shape index (κ2) is 4.14. The molecular weight excluding hydrogens is 200 g/mol. The molecule has 1 N–H and O–H groups in total. The van der Waals surface area contributed by atoms with E-state index < -0.39 is 6.10 Å². The quantitative estimate of drug-likeness (QED) is 0.835. The average Bonchev–Trinajstić information content (AvgIpc) is 2.68. The van der Waals surface area contributed by atoms with E-state index in [0.717, 1.165) is 22.5 Å². The number of furan rings is 1. The minimum atomic E-state index is -0.598. The van der Waals surface area contributed by atoms with E-state index in [9.17, 15) is 5.11 Å². The Kier molecular flexibility index (Phi) is 2.84. The fourth-order valence-electron chi connectivity index (χ4n) is 1.92. The Labute approximate surface area is 95.5 Å². The van der Waals surface area contributed by atoms with E-state index >= 15 is 0 Å². The number of hydrogen-bond donors (Lipinski definition) is 1. The van der Waals surface area contributed by atoms with Gasteiger partial charge in [-0.15, -0.1) is 0 Å². The third kappa shape index (κ3) is 1.76. The maximum Gasteiger partial charge on any atom is 0.108 e. The molecule has 0 spiro atoms. The van der Waals surface area contributed by atoms with Gasteiger partial charge in [-0.1, -0.05) is 18.2 Å². The molecule has 0 fully saturated rings. The Morgan fingerprint density at radius 2 is 1.81 bits per heavy atom. The highest BCUT2D eigenvalue weighted by Gasteiger charge is 2.17. The van der Waals surface area contributed by atoms with Gasteiger partial charge in [-0.25, -0.2) is 0 Å². The summed E-state index contributed by atoms with van der Waals surface area (Å²) in [5.41, 5.74) is 4.12. The number of hydrogen-bond acceptors (Lipinski definition) is 2. The van der Waals surface area contributed by atoms with Gasteiger partial charge < -0.3 is 9.52 Å². The fourth-order valence-corrected chi connectivity index (χ4v) is 1.92. The molecule has 1 unspecified atom stereocenters. The molecule has 0 bridgehead atoms. The van der Waals surface area contributed by atoms with Crippen LogP contribution in [0.3, 0.4) is 0 Å². The molecule has 0 aliphatic rings. The third-order valence-corrected chi connectivity index (χ3v) is 3.13. The number of rotatable bonds is 2. The van der Waals surface area contributed by atoms with Gasteiger partial charge in [0.2, 0.25) is 0 Å². The topological polar surface area (TPSA) is 33.4 Å². The van der Waals surface area contributed by atoms with E-state index in [-0.39, 0.29) is 0 Å². The Bertz CT molecular complexity index is 497. The van der Waals surface area contributed by atoms with Gasteiger partial charge in [0.25, 0.3) is 0 Å². The zero-order valence-electron chi connectivity index (χ0n) is 9.82. The van der Waals surface area contributed by atoms with E-state index in [2.05, 4.69) is 0 Å². The van der Waals surface area contributed by atoms with Crippen molar-refractivity contribution in [1.82, 2.24) is 0 Å². The number of aliphatic hydroxyl groups excluding tert-OH is 1. The maximum atomic E-state index is 10.3. The monoisotopic (exact) mass is 216 g/mol. The first-order valence-corrected chi connectivity index (χ1v) is 5.39. The highest BCUT2D eigenvalue weighted by Crippen LogP contribution is 2.28. The smallest absolute Gasteiger partial charge is 0.108 e. The molecule has 0 aliphatic heterocycles. The second-order valence-corrected chi connectivity index (χ2v) is 4.12. The molecule has 0 aliphatic carbocycles. The van der Waals surface area contributed by atoms with Gasteiger partial charge >= 0.3 is 0 Å². The Hall–Kier alpha value is -1.54. The van der Waals surface area contributed by atoms with Crippen molar-refractivity contribution in [2.75, 3.05) is 0 Å². The molecule has 1 aromatic carbocycles. The van der Waals surface area contributed by atoms with Crippen LogP contribution in [0.5, 0.6) is 0 Å². The highest BCUT2D eigenvalue weighted by atomic mass is 16.3. The van der Waals surface area contributed by atoms with Gasteiger partial charge in [0.15, 0.2) is 0 Å². The van der Waals surface area contributed by atoms with Crippen molar-refractivity contribution in [1.29, 1.82) is 0 Å². The molecule has 2 heteroatoms. The summed E-state index contributed by atoms with van der Waals surface area (Å²) in [6, 6.07) is 7.80. The largest absolute Gasteiger partial charge is 0.469 e. The predicted molar refractivity (Wildman–Crippen MR) is 63.4 cm³/mol. The van der Waals surface area contributed by atoms with Crippen LogP contribution in [0.2, 0.25) is 0 Å². The van der Waals surface area contributed by atoms with Crippen LogP contribution in [-0.4, -0.2) is 5.11 Å². The van der Waals surface area contributed by atoms with Crippen molar-refractivity contribution in [3.05, 3.63) is 58.5 Å². The first kappa shape index (κ1) is 11.0. The van der Waals surface area contributed by atoms with Crippen LogP contribution in [0.1, 0.15) is 34.1 Å². The van der Waals surface area contributed by atoms with E-state index in [1.165, 1.54) is 5.56 Å². The minimum absolute atomic E-state index is 0.598. The first-order valence-electron chi connectivity index (χ1n) is 5.39. The van der Waals surface area contributed by atoms with Crippen LogP contribution >= 0.6 is 0 Å². The molecule has 0 radical (unpaired) electrons. The van der Waals surface area contributed by atoms with Gasteiger partial charge in [0.1, 0.15) is 11.9 Å². The summed E-state index contributed by atoms with van der Waals surface area (Å²) in [4.78, 5) is 0. The molecule has 16 heavy (non-hydrogen) atoms. The lowest BCUT2D eigenvalue weighted by molar-refractivity contribution is 0.217. The SMILES string of the molecule is Cc1cccc(C(O)c2ccoc2C)c1C. The molecule has 0 saturated heterocycles. The summed E-state index contributed by atoms with van der Waals surface area (Å²) in [5.74, 6) is 0.772. The number of aryl methyl sites for hydroxylation is 2. The van der Waals surface area contributed by atoms with E-state index in [0.29, 0.717) is 0 Å². The zero-order chi connectivity index (χ0) is 11.7. The van der Waals surface area contributed by atoms with Crippen LogP contribution in [0.4, 0.5) is 0 Å². The van der Waals surface area contributed by atoms with Gasteiger partial charge in [-0.3, -0.25) is 0 Å². The van der Waals surface area contributed by atoms with E-state index in [1.807, 2.05) is 45.0 Å². The van der Waals surface area contributed by atoms with Crippen LogP contribution in [0.25, 0.3) is 0 Å². The number of benzene rings is 1. The Balaban J connectivity index is 2.46. The van der Waals surface area contributed by atoms with Gasteiger partial charge in [-0.2, -0.15) is 0 Å². The molecule has 2 aromatic rings. The average molecular weight is 216 g/mol. The van der Waals surface area contributed by atoms with Crippen LogP contribution in [0.15, 0.2) is 34.9 Å². The van der Waals surface area contributed by atoms with Crippen LogP contribution in [0, 0.1) is 20.8 Å². The summed E-state index contributed by atoms with van der Waals surface area (Å²) in [6.45, 7) is 5.95. The van der Waals surface area contributed by atoms with Gasteiger partial charge in [-0.05, 0) is 43.5 Å². The molecule has 1 heterocycles. The summed E-state index contributed by atoms with van der Waals surface area (Å²) in [6.07, 6.45) is 1.01. The van der Waals surface area contributed by atoms with Crippen molar-refractivity contribution in [3.63, 3.8) is 0 Å². The van der Waals surface area contributed by atoms with Crippen molar-refractivity contribution < 1.29 is 9.52 Å². The normalized spacial score (nSPS) is 12.8. The summed E-state index contributed by atoms with van der Waals surface area (Å²) in [7, 11) is 0. The second-order valence-electron chi connectivity index (χ2n) is 4.12. The Morgan fingerprint density at radius 3 is 2.44 bits per heavy atom. The third-order valence-electron chi connectivity index (χ3n) is 3.13. The van der Waals surface area contributed by atoms with Gasteiger partial charge in [0.05, 0.1) is 6.26 Å². The van der Waals surface area contributed by atoms with E-state index in [1.54, 1.807) is 6.26 Å². The predicted octanol–water partition coefficient (Wildman–Crippen LogP) is 3.29. The summed E-state index contributed by atoms with van der Waals surface area (Å²) in [5, 5.41) is 10.3. The van der Waals surface area contributed by atoms with Gasteiger partial charge in [0, 0.05) is 5.56 Å². The summed E-state index contributed by atoms with van der Waals surface area (Å²) >= 11 is 0. The molecular formula is C14H16O2. The van der Waals surface area contributed by atoms with Crippen LogP contribution in [-0.2, 0) is 0 Å². The molecule has 1 atom stereocenters. The minimum Gasteiger partial charge on any atom is -0.469 e. The molecule has 2 rings (SSSR count). The number of aliphatic hydroxyl groups is 1. The van der Waals surface area contributed by atoms with Crippen molar-refractivity contribution in [2.45, 2.75) is 26.9 Å². The lowest BCUT2D eigenvalue weighted by Crippen LogP contribution is -2.03. The molecule has 1 aromatic heterocycles. The zero-order valence-corrected chi connectivity index (χ0v) is 9.82. The van der Waals surface area contributed by atoms with Crippen molar-refractivity contribution >= 4 is 0 Å². The molecule has 0 amide bonds. The highest BCUT2D eigenvalue weighted by molar-refractivity contribution is 5.39. The molecule has 84 valence electrons. The lowest BCUT2D eigenvalue weighted by atomic mass is 9.95. The summed E-state index contributed by atoms with van der Waals surface area (Å²) < 4.78 is 5.22. The standard InChI is InChI=1S/C14H16O2/c1-9-5-4-6-12(10(9)2)14(15)13-7-8-16-11(13)3/h4-8,14-15H,1-3H3. The van der Waals surface area contributed by atoms with Crippen molar-refractivity contribution in [2.24, 2.45) is 0 Å². The van der Waals surface area contributed by atoms with Crippen molar-refractivity contribution in [3.8, 4) is 0 Å². The first-order chi connectivity index (χ1) is 7.61. The van der Waals surface area contributed by atoms with Crippen LogP contribution < -0.4 is 0 Å². The lowest BCUT2D eigenvalue weighted by Gasteiger charge is -2.14. The maximum absolute atomic E-state index is 10.3. The Morgan fingerprint density at radius 1 is 1.06 bits per heavy atom. The van der Waals surface area contributed by atoms with E-state index in [4.69, 9.17) is 4.42 Å². The fraction of sp³-hybridized carbons (Fsp3) is 0.286. The molecule has 2 nitrogen and oxygen atoms in total. The molecule has 0 saturated carbocycles.